The number of ketones is 1. The molecule has 0 N–H and O–H groups in total. The molecule has 0 saturated heterocycles. The average molecular weight is 232 g/mol. The predicted octanol–water partition coefficient (Wildman–Crippen LogP) is 1.50. The summed E-state index contributed by atoms with van der Waals surface area (Å²) in [4.78, 5) is 31.7. The molecule has 0 spiro atoms. The second-order valence-electron chi connectivity index (χ2n) is 3.48. The van der Waals surface area contributed by atoms with Crippen molar-refractivity contribution >= 4 is 11.8 Å². The second kappa shape index (κ2) is 9.30. The molecule has 1 atom stereocenters. The van der Waals surface area contributed by atoms with Crippen LogP contribution in [0.15, 0.2) is 0 Å². The van der Waals surface area contributed by atoms with Crippen molar-refractivity contribution in [3.8, 4) is 0 Å². The van der Waals surface area contributed by atoms with Gasteiger partial charge in [-0.2, -0.15) is 0 Å². The summed E-state index contributed by atoms with van der Waals surface area (Å²) in [6, 6.07) is 0. The van der Waals surface area contributed by atoms with Crippen molar-refractivity contribution in [1.29, 1.82) is 0 Å². The van der Waals surface area contributed by atoms with Gasteiger partial charge in [-0.1, -0.05) is 6.92 Å². The van der Waals surface area contributed by atoms with Crippen LogP contribution in [0.25, 0.3) is 0 Å². The number of hydrogen-bond donors (Lipinski definition) is 0. The Morgan fingerprint density at radius 1 is 1.19 bits per heavy atom. The summed E-state index contributed by atoms with van der Waals surface area (Å²) in [6.45, 7) is 4.28. The van der Waals surface area contributed by atoms with Crippen LogP contribution in [-0.4, -0.2) is 32.1 Å². The van der Waals surface area contributed by atoms with Crippen LogP contribution in [0.4, 0.5) is 0 Å². The Hall–Kier alpha value is -0.940. The summed E-state index contributed by atoms with van der Waals surface area (Å²) in [5, 5.41) is 0. The van der Waals surface area contributed by atoms with E-state index in [1.165, 1.54) is 7.11 Å². The van der Waals surface area contributed by atoms with Gasteiger partial charge in [-0.3, -0.25) is 9.59 Å². The maximum absolute atomic E-state index is 11.3. The van der Waals surface area contributed by atoms with Crippen molar-refractivity contribution in [3.05, 3.63) is 0 Å². The molecule has 0 aromatic heterocycles. The van der Waals surface area contributed by atoms with Crippen LogP contribution < -0.4 is 0 Å². The maximum Gasteiger partial charge on any atom is 0.308 e. The fourth-order valence-electron chi connectivity index (χ4n) is 1.12. The summed E-state index contributed by atoms with van der Waals surface area (Å²) in [5.74, 6) is -0.449. The monoisotopic (exact) mass is 232 g/mol. The Labute approximate surface area is 96.0 Å². The Bertz CT molecular complexity index is 214. The molecule has 5 heteroatoms. The van der Waals surface area contributed by atoms with Gasteiger partial charge < -0.3 is 4.74 Å². The molecule has 0 bridgehead atoms. The lowest BCUT2D eigenvalue weighted by molar-refractivity contribution is -0.290. The van der Waals surface area contributed by atoms with E-state index in [9.17, 15) is 9.59 Å². The van der Waals surface area contributed by atoms with Crippen molar-refractivity contribution in [2.75, 3.05) is 20.3 Å². The minimum atomic E-state index is -0.279. The highest BCUT2D eigenvalue weighted by atomic mass is 17.2. The molecule has 0 aromatic rings. The first-order valence-electron chi connectivity index (χ1n) is 5.45. The Kier molecular flexibility index (Phi) is 8.75. The lowest BCUT2D eigenvalue weighted by Gasteiger charge is -2.07. The third-order valence-corrected chi connectivity index (χ3v) is 2.13. The molecular formula is C11H20O5. The standard InChI is InChI=1S/C11H20O5/c1-4-15-16-8-7-10(12)6-5-9(2)11(13)14-3/h9H,4-8H2,1-3H3. The highest BCUT2D eigenvalue weighted by Crippen LogP contribution is 2.08. The van der Waals surface area contributed by atoms with Crippen molar-refractivity contribution in [2.24, 2.45) is 5.92 Å². The van der Waals surface area contributed by atoms with Crippen LogP contribution in [0.3, 0.4) is 0 Å². The Morgan fingerprint density at radius 3 is 2.44 bits per heavy atom. The Morgan fingerprint density at radius 2 is 1.88 bits per heavy atom. The number of rotatable bonds is 9. The van der Waals surface area contributed by atoms with Crippen LogP contribution in [0.5, 0.6) is 0 Å². The first-order chi connectivity index (χ1) is 7.61. The molecule has 0 radical (unpaired) electrons. The molecule has 0 amide bonds. The van der Waals surface area contributed by atoms with Crippen molar-refractivity contribution in [2.45, 2.75) is 33.1 Å². The van der Waals surface area contributed by atoms with Gasteiger partial charge in [0.1, 0.15) is 5.78 Å². The maximum atomic E-state index is 11.3. The number of carbonyl (C=O) groups is 2. The second-order valence-corrected chi connectivity index (χ2v) is 3.48. The van der Waals surface area contributed by atoms with E-state index in [1.54, 1.807) is 13.8 Å². The molecule has 1 unspecified atom stereocenters. The molecule has 0 aromatic carbocycles. The van der Waals surface area contributed by atoms with Crippen LogP contribution in [-0.2, 0) is 24.1 Å². The third-order valence-electron chi connectivity index (χ3n) is 2.13. The molecule has 94 valence electrons. The summed E-state index contributed by atoms with van der Waals surface area (Å²) in [5.41, 5.74) is 0. The number of esters is 1. The number of methoxy groups -OCH3 is 1. The number of Topliss-reactive ketones (excluding diaryl/α,β-unsaturated/α-hetero) is 1. The van der Waals surface area contributed by atoms with E-state index >= 15 is 0 Å². The van der Waals surface area contributed by atoms with Gasteiger partial charge in [0.25, 0.3) is 0 Å². The van der Waals surface area contributed by atoms with E-state index in [2.05, 4.69) is 9.62 Å². The predicted molar refractivity (Wildman–Crippen MR) is 57.6 cm³/mol. The van der Waals surface area contributed by atoms with E-state index in [0.717, 1.165) is 0 Å². The molecule has 5 nitrogen and oxygen atoms in total. The summed E-state index contributed by atoms with van der Waals surface area (Å²) in [7, 11) is 1.34. The quantitative estimate of drug-likeness (QED) is 0.261. The van der Waals surface area contributed by atoms with Crippen molar-refractivity contribution in [1.82, 2.24) is 0 Å². The lowest BCUT2D eigenvalue weighted by Crippen LogP contribution is -2.14. The van der Waals surface area contributed by atoms with Gasteiger partial charge in [0.15, 0.2) is 0 Å². The van der Waals surface area contributed by atoms with Gasteiger partial charge in [-0.05, 0) is 13.3 Å². The van der Waals surface area contributed by atoms with Gasteiger partial charge >= 0.3 is 5.97 Å². The van der Waals surface area contributed by atoms with E-state index in [1.807, 2.05) is 0 Å². The largest absolute Gasteiger partial charge is 0.469 e. The zero-order valence-corrected chi connectivity index (χ0v) is 10.2. The van der Waals surface area contributed by atoms with E-state index in [-0.39, 0.29) is 24.3 Å². The molecule has 0 heterocycles. The topological polar surface area (TPSA) is 61.8 Å². The minimum Gasteiger partial charge on any atom is -0.469 e. The van der Waals surface area contributed by atoms with Gasteiger partial charge in [-0.25, -0.2) is 9.78 Å². The SMILES string of the molecule is CCOOCCC(=O)CCC(C)C(=O)OC. The number of hydrogen-bond acceptors (Lipinski definition) is 5. The first-order valence-corrected chi connectivity index (χ1v) is 5.45. The zero-order valence-electron chi connectivity index (χ0n) is 10.2. The highest BCUT2D eigenvalue weighted by Gasteiger charge is 2.14. The van der Waals surface area contributed by atoms with Crippen LogP contribution in [0.2, 0.25) is 0 Å². The number of carbonyl (C=O) groups excluding carboxylic acids is 2. The third kappa shape index (κ3) is 7.36. The fourth-order valence-corrected chi connectivity index (χ4v) is 1.12. The molecule has 0 aliphatic rings. The van der Waals surface area contributed by atoms with Crippen molar-refractivity contribution < 1.29 is 24.1 Å². The molecule has 0 aliphatic carbocycles. The first kappa shape index (κ1) is 15.1. The van der Waals surface area contributed by atoms with Gasteiger partial charge in [-0.15, -0.1) is 0 Å². The molecular weight excluding hydrogens is 212 g/mol. The summed E-state index contributed by atoms with van der Waals surface area (Å²) in [6.07, 6.45) is 1.19. The smallest absolute Gasteiger partial charge is 0.308 e. The van der Waals surface area contributed by atoms with E-state index in [4.69, 9.17) is 4.89 Å². The fraction of sp³-hybridized carbons (Fsp3) is 0.818. The minimum absolute atomic E-state index is 0.0652. The molecule has 16 heavy (non-hydrogen) atoms. The van der Waals surface area contributed by atoms with Gasteiger partial charge in [0.2, 0.25) is 0 Å². The lowest BCUT2D eigenvalue weighted by atomic mass is 10.0. The molecule has 0 aliphatic heterocycles. The van der Waals surface area contributed by atoms with Crippen LogP contribution in [0, 0.1) is 5.92 Å². The van der Waals surface area contributed by atoms with E-state index < -0.39 is 0 Å². The molecule has 0 rings (SSSR count). The average Bonchev–Trinajstić information content (AvgIpc) is 2.30. The highest BCUT2D eigenvalue weighted by molar-refractivity contribution is 5.79. The van der Waals surface area contributed by atoms with Crippen molar-refractivity contribution in [3.63, 3.8) is 0 Å². The number of ether oxygens (including phenoxy) is 1. The normalized spacial score (nSPS) is 12.2. The van der Waals surface area contributed by atoms with Gasteiger partial charge in [0, 0.05) is 12.8 Å². The summed E-state index contributed by atoms with van der Waals surface area (Å²) < 4.78 is 4.56. The van der Waals surface area contributed by atoms with Crippen LogP contribution in [0.1, 0.15) is 33.1 Å². The van der Waals surface area contributed by atoms with Gasteiger partial charge in [0.05, 0.1) is 26.2 Å². The Balaban J connectivity index is 3.53. The zero-order chi connectivity index (χ0) is 12.4. The van der Waals surface area contributed by atoms with E-state index in [0.29, 0.717) is 25.9 Å². The van der Waals surface area contributed by atoms with Crippen LogP contribution >= 0.6 is 0 Å². The molecule has 0 saturated carbocycles. The molecule has 0 fully saturated rings. The summed E-state index contributed by atoms with van der Waals surface area (Å²) >= 11 is 0.